The lowest BCUT2D eigenvalue weighted by molar-refractivity contribution is 0.154. The molecule has 3 nitrogen and oxygen atoms in total. The third-order valence-electron chi connectivity index (χ3n) is 3.46. The number of likely N-dealkylation sites (tertiary alicyclic amines) is 1. The summed E-state index contributed by atoms with van der Waals surface area (Å²) in [5.74, 6) is 5.54. The van der Waals surface area contributed by atoms with E-state index in [1.165, 1.54) is 5.56 Å². The maximum absolute atomic E-state index is 9.63. The number of aliphatic hydroxyl groups excluding tert-OH is 2. The van der Waals surface area contributed by atoms with Gasteiger partial charge in [0, 0.05) is 18.7 Å². The molecule has 0 amide bonds. The van der Waals surface area contributed by atoms with Gasteiger partial charge in [-0.25, -0.2) is 0 Å². The first-order valence-electron chi connectivity index (χ1n) is 6.87. The van der Waals surface area contributed by atoms with Crippen molar-refractivity contribution in [3.8, 4) is 11.8 Å². The van der Waals surface area contributed by atoms with Gasteiger partial charge in [-0.1, -0.05) is 24.0 Å². The molecule has 1 atom stereocenters. The zero-order chi connectivity index (χ0) is 13.5. The summed E-state index contributed by atoms with van der Waals surface area (Å²) in [4.78, 5) is 2.39. The molecule has 19 heavy (non-hydrogen) atoms. The number of rotatable bonds is 2. The monoisotopic (exact) mass is 259 g/mol. The Morgan fingerprint density at radius 3 is 2.68 bits per heavy atom. The van der Waals surface area contributed by atoms with Crippen LogP contribution in [-0.4, -0.2) is 40.9 Å². The normalized spacial score (nSPS) is 20.4. The van der Waals surface area contributed by atoms with Gasteiger partial charge in [0.2, 0.25) is 0 Å². The lowest BCUT2D eigenvalue weighted by atomic mass is 10.1. The SMILES string of the molecule is OCC#Cc1ccc(CN2CCC[C@H](O)CC2)cc1. The van der Waals surface area contributed by atoms with Crippen LogP contribution in [0.25, 0.3) is 0 Å². The maximum Gasteiger partial charge on any atom is 0.104 e. The average molecular weight is 259 g/mol. The smallest absolute Gasteiger partial charge is 0.104 e. The quantitative estimate of drug-likeness (QED) is 0.789. The Labute approximate surface area is 114 Å². The highest BCUT2D eigenvalue weighted by molar-refractivity contribution is 5.36. The molecule has 0 unspecified atom stereocenters. The van der Waals surface area contributed by atoms with Crippen molar-refractivity contribution in [3.63, 3.8) is 0 Å². The molecule has 0 bridgehead atoms. The van der Waals surface area contributed by atoms with Crippen LogP contribution in [0.1, 0.15) is 30.4 Å². The Morgan fingerprint density at radius 1 is 1.16 bits per heavy atom. The first kappa shape index (κ1) is 14.1. The molecule has 3 heteroatoms. The van der Waals surface area contributed by atoms with E-state index in [1.807, 2.05) is 12.1 Å². The fraction of sp³-hybridized carbons (Fsp3) is 0.500. The van der Waals surface area contributed by atoms with Crippen molar-refractivity contribution < 1.29 is 10.2 Å². The van der Waals surface area contributed by atoms with Crippen molar-refractivity contribution in [1.82, 2.24) is 4.90 Å². The van der Waals surface area contributed by atoms with E-state index >= 15 is 0 Å². The highest BCUT2D eigenvalue weighted by atomic mass is 16.3. The van der Waals surface area contributed by atoms with Gasteiger partial charge in [-0.05, 0) is 43.5 Å². The zero-order valence-electron chi connectivity index (χ0n) is 11.2. The molecule has 1 aliphatic rings. The van der Waals surface area contributed by atoms with Crippen LogP contribution in [0.5, 0.6) is 0 Å². The molecule has 1 fully saturated rings. The van der Waals surface area contributed by atoms with E-state index in [0.717, 1.165) is 44.5 Å². The number of hydrogen-bond donors (Lipinski definition) is 2. The van der Waals surface area contributed by atoms with Gasteiger partial charge in [0.15, 0.2) is 0 Å². The fourth-order valence-corrected chi connectivity index (χ4v) is 2.39. The van der Waals surface area contributed by atoms with Gasteiger partial charge in [0.25, 0.3) is 0 Å². The summed E-state index contributed by atoms with van der Waals surface area (Å²) in [5.41, 5.74) is 2.20. The largest absolute Gasteiger partial charge is 0.393 e. The molecular formula is C16H21NO2. The molecule has 1 aromatic rings. The lowest BCUT2D eigenvalue weighted by Gasteiger charge is -2.19. The van der Waals surface area contributed by atoms with Crippen LogP contribution in [-0.2, 0) is 6.54 Å². The summed E-state index contributed by atoms with van der Waals surface area (Å²) >= 11 is 0. The lowest BCUT2D eigenvalue weighted by Crippen LogP contribution is -2.24. The molecule has 1 heterocycles. The molecule has 102 valence electrons. The molecule has 2 N–H and O–H groups in total. The molecule has 1 aromatic carbocycles. The van der Waals surface area contributed by atoms with Gasteiger partial charge < -0.3 is 10.2 Å². The number of aliphatic hydroxyl groups is 2. The van der Waals surface area contributed by atoms with E-state index in [2.05, 4.69) is 28.9 Å². The Balaban J connectivity index is 1.91. The van der Waals surface area contributed by atoms with Crippen molar-refractivity contribution in [2.75, 3.05) is 19.7 Å². The van der Waals surface area contributed by atoms with Crippen LogP contribution >= 0.6 is 0 Å². The van der Waals surface area contributed by atoms with E-state index in [1.54, 1.807) is 0 Å². The van der Waals surface area contributed by atoms with Gasteiger partial charge in [0.05, 0.1) is 6.10 Å². The number of benzene rings is 1. The summed E-state index contributed by atoms with van der Waals surface area (Å²) < 4.78 is 0. The van der Waals surface area contributed by atoms with Crippen LogP contribution in [0.3, 0.4) is 0 Å². The second kappa shape index (κ2) is 7.30. The van der Waals surface area contributed by atoms with Gasteiger partial charge in [-0.15, -0.1) is 0 Å². The topological polar surface area (TPSA) is 43.7 Å². The van der Waals surface area contributed by atoms with E-state index in [9.17, 15) is 5.11 Å². The highest BCUT2D eigenvalue weighted by Gasteiger charge is 2.14. The zero-order valence-corrected chi connectivity index (χ0v) is 11.2. The first-order chi connectivity index (χ1) is 9.28. The molecular weight excluding hydrogens is 238 g/mol. The molecule has 2 rings (SSSR count). The van der Waals surface area contributed by atoms with Crippen LogP contribution in [0, 0.1) is 11.8 Å². The van der Waals surface area contributed by atoms with Crippen molar-refractivity contribution in [3.05, 3.63) is 35.4 Å². The fourth-order valence-electron chi connectivity index (χ4n) is 2.39. The highest BCUT2D eigenvalue weighted by Crippen LogP contribution is 2.14. The van der Waals surface area contributed by atoms with E-state index in [-0.39, 0.29) is 12.7 Å². The first-order valence-corrected chi connectivity index (χ1v) is 6.87. The number of hydrogen-bond acceptors (Lipinski definition) is 3. The van der Waals surface area contributed by atoms with Crippen LogP contribution < -0.4 is 0 Å². The molecule has 0 spiro atoms. The predicted octanol–water partition coefficient (Wildman–Crippen LogP) is 1.38. The summed E-state index contributed by atoms with van der Waals surface area (Å²) in [6.45, 7) is 2.86. The van der Waals surface area contributed by atoms with Crippen molar-refractivity contribution in [2.45, 2.75) is 31.9 Å². The van der Waals surface area contributed by atoms with E-state index in [0.29, 0.717) is 0 Å². The molecule has 1 aliphatic heterocycles. The molecule has 0 aliphatic carbocycles. The Bertz CT molecular complexity index is 444. The van der Waals surface area contributed by atoms with Gasteiger partial charge in [0.1, 0.15) is 6.61 Å². The third-order valence-corrected chi connectivity index (χ3v) is 3.46. The summed E-state index contributed by atoms with van der Waals surface area (Å²) in [6, 6.07) is 8.15. The van der Waals surface area contributed by atoms with Crippen LogP contribution in [0.4, 0.5) is 0 Å². The van der Waals surface area contributed by atoms with Gasteiger partial charge >= 0.3 is 0 Å². The summed E-state index contributed by atoms with van der Waals surface area (Å²) in [7, 11) is 0. The van der Waals surface area contributed by atoms with Crippen LogP contribution in [0.2, 0.25) is 0 Å². The summed E-state index contributed by atoms with van der Waals surface area (Å²) in [5, 5.41) is 18.3. The molecule has 0 radical (unpaired) electrons. The van der Waals surface area contributed by atoms with Crippen molar-refractivity contribution in [2.24, 2.45) is 0 Å². The second-order valence-electron chi connectivity index (χ2n) is 5.02. The van der Waals surface area contributed by atoms with Gasteiger partial charge in [-0.2, -0.15) is 0 Å². The maximum atomic E-state index is 9.63. The minimum atomic E-state index is -0.124. The predicted molar refractivity (Wildman–Crippen MR) is 75.5 cm³/mol. The van der Waals surface area contributed by atoms with Crippen molar-refractivity contribution in [1.29, 1.82) is 0 Å². The van der Waals surface area contributed by atoms with Gasteiger partial charge in [-0.3, -0.25) is 4.90 Å². The minimum absolute atomic E-state index is 0.0993. The average Bonchev–Trinajstić information content (AvgIpc) is 2.63. The third kappa shape index (κ3) is 4.68. The van der Waals surface area contributed by atoms with Crippen LogP contribution in [0.15, 0.2) is 24.3 Å². The van der Waals surface area contributed by atoms with Crippen molar-refractivity contribution >= 4 is 0 Å². The van der Waals surface area contributed by atoms with E-state index < -0.39 is 0 Å². The Hall–Kier alpha value is -1.34. The minimum Gasteiger partial charge on any atom is -0.393 e. The molecule has 1 saturated heterocycles. The standard InChI is InChI=1S/C16H21NO2/c18-12-2-3-14-5-7-15(8-6-14)13-17-10-1-4-16(19)9-11-17/h5-8,16,18-19H,1,4,9-13H2/t16-/m0/s1. The molecule has 0 aromatic heterocycles. The number of nitrogens with zero attached hydrogens (tertiary/aromatic N) is 1. The van der Waals surface area contributed by atoms with E-state index in [4.69, 9.17) is 5.11 Å². The molecule has 0 saturated carbocycles. The Morgan fingerprint density at radius 2 is 1.95 bits per heavy atom. The second-order valence-corrected chi connectivity index (χ2v) is 5.02. The summed E-state index contributed by atoms with van der Waals surface area (Å²) in [6.07, 6.45) is 2.74. The Kier molecular flexibility index (Phi) is 5.41.